The fourth-order valence-electron chi connectivity index (χ4n) is 1.40. The van der Waals surface area contributed by atoms with Gasteiger partial charge in [0, 0.05) is 0 Å². The van der Waals surface area contributed by atoms with Crippen molar-refractivity contribution in [2.24, 2.45) is 0 Å². The topological polar surface area (TPSA) is 25.8 Å². The molecule has 0 aliphatic rings. The summed E-state index contributed by atoms with van der Waals surface area (Å²) in [6, 6.07) is 2.06. The molecule has 68 valence electrons. The predicted molar refractivity (Wildman–Crippen MR) is 56.2 cm³/mol. The molecule has 2 rings (SSSR count). The van der Waals surface area contributed by atoms with Gasteiger partial charge in [-0.1, -0.05) is 13.8 Å². The summed E-state index contributed by atoms with van der Waals surface area (Å²) < 4.78 is 1.24. The fraction of sp³-hybridized carbons (Fsp3) is 0.400. The van der Waals surface area contributed by atoms with E-state index in [2.05, 4.69) is 35.3 Å². The van der Waals surface area contributed by atoms with Crippen LogP contribution in [0.4, 0.5) is 0 Å². The van der Waals surface area contributed by atoms with Crippen LogP contribution >= 0.6 is 11.3 Å². The van der Waals surface area contributed by atoms with Crippen molar-refractivity contribution in [3.8, 4) is 0 Å². The maximum absolute atomic E-state index is 4.47. The van der Waals surface area contributed by atoms with Gasteiger partial charge in [-0.15, -0.1) is 11.3 Å². The lowest BCUT2D eigenvalue weighted by atomic mass is 10.1. The lowest BCUT2D eigenvalue weighted by Crippen LogP contribution is -1.97. The summed E-state index contributed by atoms with van der Waals surface area (Å²) in [6.45, 7) is 6.28. The van der Waals surface area contributed by atoms with Crippen LogP contribution in [0.1, 0.15) is 31.3 Å². The molecule has 2 nitrogen and oxygen atoms in total. The molecule has 3 heteroatoms. The quantitative estimate of drug-likeness (QED) is 0.693. The molecule has 0 N–H and O–H groups in total. The molecule has 0 atom stereocenters. The van der Waals surface area contributed by atoms with E-state index in [1.165, 1.54) is 10.4 Å². The first kappa shape index (κ1) is 8.63. The van der Waals surface area contributed by atoms with Crippen molar-refractivity contribution in [2.75, 3.05) is 0 Å². The largest absolute Gasteiger partial charge is 0.236 e. The third-order valence-electron chi connectivity index (χ3n) is 1.99. The monoisotopic (exact) mass is 192 g/mol. The first-order valence-corrected chi connectivity index (χ1v) is 5.28. The van der Waals surface area contributed by atoms with E-state index in [9.17, 15) is 0 Å². The molecule has 0 aliphatic heterocycles. The second kappa shape index (κ2) is 3.07. The summed E-state index contributed by atoms with van der Waals surface area (Å²) in [7, 11) is 0. The minimum Gasteiger partial charge on any atom is -0.236 e. The summed E-state index contributed by atoms with van der Waals surface area (Å²) in [6.07, 6.45) is 0. The lowest BCUT2D eigenvalue weighted by Gasteiger charge is -2.05. The molecular formula is C10H12N2S. The van der Waals surface area contributed by atoms with Gasteiger partial charge >= 0.3 is 0 Å². The van der Waals surface area contributed by atoms with E-state index >= 15 is 0 Å². The molecule has 0 spiro atoms. The molecule has 2 heterocycles. The number of aryl methyl sites for hydroxylation is 1. The zero-order valence-corrected chi connectivity index (χ0v) is 8.85. The van der Waals surface area contributed by atoms with E-state index < -0.39 is 0 Å². The summed E-state index contributed by atoms with van der Waals surface area (Å²) >= 11 is 1.73. The van der Waals surface area contributed by atoms with Gasteiger partial charge in [0.15, 0.2) is 0 Å². The Kier molecular flexibility index (Phi) is 2.04. The van der Waals surface area contributed by atoms with E-state index in [1.807, 2.05) is 6.92 Å². The first-order valence-electron chi connectivity index (χ1n) is 4.40. The van der Waals surface area contributed by atoms with Crippen LogP contribution < -0.4 is 0 Å². The van der Waals surface area contributed by atoms with Crippen molar-refractivity contribution in [3.63, 3.8) is 0 Å². The van der Waals surface area contributed by atoms with E-state index in [-0.39, 0.29) is 0 Å². The van der Waals surface area contributed by atoms with Crippen LogP contribution in [0.25, 0.3) is 10.2 Å². The van der Waals surface area contributed by atoms with Crippen molar-refractivity contribution >= 4 is 21.6 Å². The van der Waals surface area contributed by atoms with Crippen molar-refractivity contribution in [2.45, 2.75) is 26.7 Å². The second-order valence-electron chi connectivity index (χ2n) is 3.45. The van der Waals surface area contributed by atoms with E-state index in [0.29, 0.717) is 5.92 Å². The number of fused-ring (bicyclic) bond motifs is 1. The van der Waals surface area contributed by atoms with Crippen LogP contribution in [-0.4, -0.2) is 9.97 Å². The summed E-state index contributed by atoms with van der Waals surface area (Å²) in [5.74, 6) is 1.34. The summed E-state index contributed by atoms with van der Waals surface area (Å²) in [4.78, 5) is 8.85. The SMILES string of the molecule is Cc1nc(C(C)C)c2sccc2n1. The molecule has 0 radical (unpaired) electrons. The molecule has 13 heavy (non-hydrogen) atoms. The molecule has 0 amide bonds. The highest BCUT2D eigenvalue weighted by atomic mass is 32.1. The Morgan fingerprint density at radius 3 is 2.77 bits per heavy atom. The van der Waals surface area contributed by atoms with E-state index in [1.54, 1.807) is 11.3 Å². The Hall–Kier alpha value is -0.960. The Morgan fingerprint density at radius 1 is 1.31 bits per heavy atom. The van der Waals surface area contributed by atoms with Crippen molar-refractivity contribution in [1.29, 1.82) is 0 Å². The smallest absolute Gasteiger partial charge is 0.126 e. The molecule has 0 aliphatic carbocycles. The minimum absolute atomic E-state index is 0.475. The van der Waals surface area contributed by atoms with Crippen molar-refractivity contribution in [3.05, 3.63) is 23.0 Å². The van der Waals surface area contributed by atoms with E-state index in [0.717, 1.165) is 11.3 Å². The standard InChI is InChI=1S/C10H12N2S/c1-6(2)9-10-8(4-5-13-10)11-7(3)12-9/h4-6H,1-3H3. The van der Waals surface area contributed by atoms with Crippen molar-refractivity contribution in [1.82, 2.24) is 9.97 Å². The molecule has 0 unspecified atom stereocenters. The third-order valence-corrected chi connectivity index (χ3v) is 2.91. The molecule has 2 aromatic heterocycles. The Balaban J connectivity index is 2.77. The zero-order chi connectivity index (χ0) is 9.42. The average molecular weight is 192 g/mol. The number of thiophene rings is 1. The van der Waals surface area contributed by atoms with Gasteiger partial charge in [0.1, 0.15) is 5.82 Å². The van der Waals surface area contributed by atoms with Crippen molar-refractivity contribution < 1.29 is 0 Å². The Bertz CT molecular complexity index is 431. The average Bonchev–Trinajstić information content (AvgIpc) is 2.49. The molecule has 0 fully saturated rings. The van der Waals surface area contributed by atoms with Crippen LogP contribution in [0.2, 0.25) is 0 Å². The van der Waals surface area contributed by atoms with Gasteiger partial charge in [0.25, 0.3) is 0 Å². The molecule has 0 bridgehead atoms. The highest BCUT2D eigenvalue weighted by Crippen LogP contribution is 2.26. The Labute approximate surface area is 81.7 Å². The minimum atomic E-state index is 0.475. The highest BCUT2D eigenvalue weighted by Gasteiger charge is 2.09. The molecule has 0 aromatic carbocycles. The van der Waals surface area contributed by atoms with Crippen LogP contribution in [0, 0.1) is 6.92 Å². The van der Waals surface area contributed by atoms with Gasteiger partial charge in [0.2, 0.25) is 0 Å². The zero-order valence-electron chi connectivity index (χ0n) is 8.03. The number of hydrogen-bond acceptors (Lipinski definition) is 3. The van der Waals surface area contributed by atoms with Gasteiger partial charge in [-0.05, 0) is 24.3 Å². The maximum atomic E-state index is 4.47. The predicted octanol–water partition coefficient (Wildman–Crippen LogP) is 3.12. The number of hydrogen-bond donors (Lipinski definition) is 0. The number of aromatic nitrogens is 2. The number of nitrogens with zero attached hydrogens (tertiary/aromatic N) is 2. The highest BCUT2D eigenvalue weighted by molar-refractivity contribution is 7.17. The molecule has 0 saturated heterocycles. The third kappa shape index (κ3) is 1.44. The van der Waals surface area contributed by atoms with Gasteiger partial charge < -0.3 is 0 Å². The summed E-state index contributed by atoms with van der Waals surface area (Å²) in [5.41, 5.74) is 2.26. The second-order valence-corrected chi connectivity index (χ2v) is 4.36. The maximum Gasteiger partial charge on any atom is 0.126 e. The van der Waals surface area contributed by atoms with Gasteiger partial charge in [0.05, 0.1) is 15.9 Å². The van der Waals surface area contributed by atoms with Crippen LogP contribution in [0.15, 0.2) is 11.4 Å². The molecular weight excluding hydrogens is 180 g/mol. The fourth-order valence-corrected chi connectivity index (χ4v) is 2.37. The van der Waals surface area contributed by atoms with Gasteiger partial charge in [-0.25, -0.2) is 9.97 Å². The van der Waals surface area contributed by atoms with Crippen LogP contribution in [0.3, 0.4) is 0 Å². The summed E-state index contributed by atoms with van der Waals surface area (Å²) in [5, 5.41) is 2.07. The van der Waals surface area contributed by atoms with Gasteiger partial charge in [-0.3, -0.25) is 0 Å². The normalized spacial score (nSPS) is 11.4. The first-order chi connectivity index (χ1) is 6.18. The Morgan fingerprint density at radius 2 is 2.08 bits per heavy atom. The number of rotatable bonds is 1. The lowest BCUT2D eigenvalue weighted by molar-refractivity contribution is 0.820. The van der Waals surface area contributed by atoms with E-state index in [4.69, 9.17) is 0 Å². The molecule has 2 aromatic rings. The van der Waals surface area contributed by atoms with Crippen LogP contribution in [-0.2, 0) is 0 Å². The van der Waals surface area contributed by atoms with Crippen LogP contribution in [0.5, 0.6) is 0 Å². The molecule has 0 saturated carbocycles. The van der Waals surface area contributed by atoms with Gasteiger partial charge in [-0.2, -0.15) is 0 Å².